The Morgan fingerprint density at radius 3 is 3.00 bits per heavy atom. The van der Waals surface area contributed by atoms with Crippen LogP contribution in [0.25, 0.3) is 0 Å². The molecule has 5 heteroatoms. The maximum atomic E-state index is 11.8. The molecule has 1 spiro atoms. The topological polar surface area (TPSA) is 47.6 Å². The van der Waals surface area contributed by atoms with Crippen LogP contribution in [0.3, 0.4) is 0 Å². The van der Waals surface area contributed by atoms with Crippen molar-refractivity contribution in [2.24, 2.45) is 0 Å². The molecule has 0 bridgehead atoms. The van der Waals surface area contributed by atoms with Crippen molar-refractivity contribution in [3.63, 3.8) is 0 Å². The second-order valence-corrected chi connectivity index (χ2v) is 6.02. The van der Waals surface area contributed by atoms with Gasteiger partial charge in [0.2, 0.25) is 0 Å². The molecular weight excluding hydrogens is 262 g/mol. The summed E-state index contributed by atoms with van der Waals surface area (Å²) in [5.74, 6) is -0.384. The van der Waals surface area contributed by atoms with Crippen molar-refractivity contribution >= 4 is 17.2 Å². The molecule has 2 heterocycles. The van der Waals surface area contributed by atoms with Crippen molar-refractivity contribution in [2.45, 2.75) is 44.0 Å². The van der Waals surface area contributed by atoms with Gasteiger partial charge >= 0.3 is 0 Å². The molecule has 1 saturated heterocycles. The molecular formula is C14H19NO3S. The van der Waals surface area contributed by atoms with Crippen LogP contribution < -0.4 is 5.32 Å². The Bertz CT molecular complexity index is 426. The van der Waals surface area contributed by atoms with Gasteiger partial charge in [-0.2, -0.15) is 11.3 Å². The van der Waals surface area contributed by atoms with E-state index in [-0.39, 0.29) is 17.8 Å². The van der Waals surface area contributed by atoms with Crippen molar-refractivity contribution in [1.82, 2.24) is 5.32 Å². The molecule has 1 aromatic rings. The predicted octanol–water partition coefficient (Wildman–Crippen LogP) is 2.55. The fraction of sp³-hybridized carbons (Fsp3) is 0.643. The monoisotopic (exact) mass is 281 g/mol. The first-order valence-corrected chi connectivity index (χ1v) is 7.84. The van der Waals surface area contributed by atoms with Crippen LogP contribution in [0.1, 0.15) is 42.5 Å². The summed E-state index contributed by atoms with van der Waals surface area (Å²) in [5.41, 5.74) is 0.719. The molecule has 0 radical (unpaired) electrons. The highest BCUT2D eigenvalue weighted by Crippen LogP contribution is 2.37. The molecule has 1 atom stereocenters. The molecule has 2 fully saturated rings. The van der Waals surface area contributed by atoms with E-state index in [2.05, 4.69) is 5.32 Å². The standard InChI is InChI=1S/C14H19NO3S/c16-13(11-4-7-19-10-11)15-8-12-9-17-14(18-12)5-2-1-3-6-14/h4,7,10,12H,1-3,5-6,8-9H2,(H,15,16)/t12-/m1/s1. The van der Waals surface area contributed by atoms with E-state index in [0.717, 1.165) is 18.4 Å². The average molecular weight is 281 g/mol. The summed E-state index contributed by atoms with van der Waals surface area (Å²) in [6, 6.07) is 1.83. The summed E-state index contributed by atoms with van der Waals surface area (Å²) in [6.45, 7) is 1.11. The largest absolute Gasteiger partial charge is 0.349 e. The van der Waals surface area contributed by atoms with Crippen LogP contribution in [0, 0.1) is 0 Å². The van der Waals surface area contributed by atoms with Crippen molar-refractivity contribution < 1.29 is 14.3 Å². The highest BCUT2D eigenvalue weighted by Gasteiger charge is 2.42. The number of hydrogen-bond donors (Lipinski definition) is 1. The Labute approximate surface area is 117 Å². The highest BCUT2D eigenvalue weighted by molar-refractivity contribution is 7.08. The zero-order chi connectivity index (χ0) is 13.1. The fourth-order valence-corrected chi connectivity index (χ4v) is 3.41. The zero-order valence-corrected chi connectivity index (χ0v) is 11.7. The predicted molar refractivity (Wildman–Crippen MR) is 73.3 cm³/mol. The SMILES string of the molecule is O=C(NC[C@@H]1COC2(CCCCC2)O1)c1ccsc1. The molecule has 0 aromatic carbocycles. The molecule has 1 aliphatic heterocycles. The number of ether oxygens (including phenoxy) is 2. The molecule has 1 amide bonds. The Morgan fingerprint density at radius 1 is 1.42 bits per heavy atom. The number of hydrogen-bond acceptors (Lipinski definition) is 4. The van der Waals surface area contributed by atoms with Gasteiger partial charge in [-0.05, 0) is 24.3 Å². The maximum absolute atomic E-state index is 11.8. The van der Waals surface area contributed by atoms with E-state index in [1.54, 1.807) is 0 Å². The summed E-state index contributed by atoms with van der Waals surface area (Å²) < 4.78 is 11.9. The minimum Gasteiger partial charge on any atom is -0.349 e. The van der Waals surface area contributed by atoms with Gasteiger partial charge < -0.3 is 14.8 Å². The minimum absolute atomic E-state index is 0.0133. The Hall–Kier alpha value is -0.910. The van der Waals surface area contributed by atoms with Crippen LogP contribution in [0.2, 0.25) is 0 Å². The minimum atomic E-state index is -0.351. The average Bonchev–Trinajstić information content (AvgIpc) is 3.08. The molecule has 1 N–H and O–H groups in total. The number of nitrogens with one attached hydrogen (secondary N) is 1. The fourth-order valence-electron chi connectivity index (χ4n) is 2.77. The van der Waals surface area contributed by atoms with Gasteiger partial charge in [-0.25, -0.2) is 0 Å². The van der Waals surface area contributed by atoms with E-state index < -0.39 is 0 Å². The molecule has 3 rings (SSSR count). The number of carbonyl (C=O) groups is 1. The molecule has 104 valence electrons. The van der Waals surface area contributed by atoms with E-state index >= 15 is 0 Å². The van der Waals surface area contributed by atoms with Crippen LogP contribution in [-0.2, 0) is 9.47 Å². The molecule has 1 saturated carbocycles. The van der Waals surface area contributed by atoms with E-state index in [1.165, 1.54) is 30.6 Å². The third-order valence-corrected chi connectivity index (χ3v) is 4.49. The van der Waals surface area contributed by atoms with Gasteiger partial charge in [0.05, 0.1) is 6.61 Å². The summed E-state index contributed by atoms with van der Waals surface area (Å²) in [5, 5.41) is 6.67. The maximum Gasteiger partial charge on any atom is 0.252 e. The van der Waals surface area contributed by atoms with Crippen LogP contribution in [0.5, 0.6) is 0 Å². The third kappa shape index (κ3) is 2.99. The van der Waals surface area contributed by atoms with E-state index in [4.69, 9.17) is 9.47 Å². The van der Waals surface area contributed by atoms with Gasteiger partial charge in [0.1, 0.15) is 6.10 Å². The molecule has 1 aromatic heterocycles. The Balaban J connectivity index is 1.48. The number of thiophene rings is 1. The van der Waals surface area contributed by atoms with E-state index in [0.29, 0.717) is 13.2 Å². The molecule has 4 nitrogen and oxygen atoms in total. The van der Waals surface area contributed by atoms with E-state index in [1.807, 2.05) is 16.8 Å². The first-order chi connectivity index (χ1) is 9.27. The Kier molecular flexibility index (Phi) is 3.86. The van der Waals surface area contributed by atoms with Crippen molar-refractivity contribution in [1.29, 1.82) is 0 Å². The smallest absolute Gasteiger partial charge is 0.252 e. The lowest BCUT2D eigenvalue weighted by molar-refractivity contribution is -0.186. The number of rotatable bonds is 3. The molecule has 0 unspecified atom stereocenters. The number of carbonyl (C=O) groups excluding carboxylic acids is 1. The molecule has 2 aliphatic rings. The third-order valence-electron chi connectivity index (χ3n) is 3.80. The quantitative estimate of drug-likeness (QED) is 0.926. The summed E-state index contributed by atoms with van der Waals surface area (Å²) >= 11 is 1.53. The Morgan fingerprint density at radius 2 is 2.26 bits per heavy atom. The van der Waals surface area contributed by atoms with Gasteiger partial charge in [-0.1, -0.05) is 6.42 Å². The van der Waals surface area contributed by atoms with Gasteiger partial charge in [0.15, 0.2) is 5.79 Å². The first kappa shape index (κ1) is 13.1. The lowest BCUT2D eigenvalue weighted by Crippen LogP contribution is -2.37. The lowest BCUT2D eigenvalue weighted by Gasteiger charge is -2.31. The second kappa shape index (κ2) is 5.61. The van der Waals surface area contributed by atoms with Crippen LogP contribution in [-0.4, -0.2) is 30.9 Å². The summed E-state index contributed by atoms with van der Waals surface area (Å²) in [7, 11) is 0. The van der Waals surface area contributed by atoms with Crippen molar-refractivity contribution in [3.05, 3.63) is 22.4 Å². The van der Waals surface area contributed by atoms with Crippen LogP contribution in [0.4, 0.5) is 0 Å². The van der Waals surface area contributed by atoms with E-state index in [9.17, 15) is 4.79 Å². The molecule has 19 heavy (non-hydrogen) atoms. The number of amides is 1. The second-order valence-electron chi connectivity index (χ2n) is 5.24. The van der Waals surface area contributed by atoms with Crippen LogP contribution in [0.15, 0.2) is 16.8 Å². The molecule has 1 aliphatic carbocycles. The normalized spacial score (nSPS) is 25.6. The van der Waals surface area contributed by atoms with Crippen molar-refractivity contribution in [2.75, 3.05) is 13.2 Å². The van der Waals surface area contributed by atoms with Gasteiger partial charge in [-0.3, -0.25) is 4.79 Å². The van der Waals surface area contributed by atoms with Gasteiger partial charge in [0.25, 0.3) is 5.91 Å². The zero-order valence-electron chi connectivity index (χ0n) is 10.9. The summed E-state index contributed by atoms with van der Waals surface area (Å²) in [6.07, 6.45) is 5.58. The highest BCUT2D eigenvalue weighted by atomic mass is 32.1. The summed E-state index contributed by atoms with van der Waals surface area (Å²) in [4.78, 5) is 11.8. The van der Waals surface area contributed by atoms with Crippen LogP contribution >= 0.6 is 11.3 Å². The van der Waals surface area contributed by atoms with Gasteiger partial charge in [0, 0.05) is 30.3 Å². The van der Waals surface area contributed by atoms with Crippen molar-refractivity contribution in [3.8, 4) is 0 Å². The lowest BCUT2D eigenvalue weighted by atomic mass is 9.94. The van der Waals surface area contributed by atoms with Gasteiger partial charge in [-0.15, -0.1) is 0 Å². The first-order valence-electron chi connectivity index (χ1n) is 6.90.